The van der Waals surface area contributed by atoms with E-state index in [1.165, 1.54) is 17.7 Å². The van der Waals surface area contributed by atoms with E-state index in [1.807, 2.05) is 19.3 Å². The Hall–Kier alpha value is -3.15. The number of halogens is 1. The number of guanidine groups is 1. The van der Waals surface area contributed by atoms with Crippen molar-refractivity contribution in [3.63, 3.8) is 0 Å². The summed E-state index contributed by atoms with van der Waals surface area (Å²) in [5, 5.41) is 8.05. The van der Waals surface area contributed by atoms with E-state index in [9.17, 15) is 4.39 Å². The SMILES string of the molecule is CN=C(NCCc1ccn(-c2ccc(F)cc2)n1)N1CCC(c2ccccc2)C1. The zero-order valence-electron chi connectivity index (χ0n) is 16.6. The highest BCUT2D eigenvalue weighted by atomic mass is 19.1. The summed E-state index contributed by atoms with van der Waals surface area (Å²) in [5.41, 5.74) is 3.24. The van der Waals surface area contributed by atoms with E-state index in [4.69, 9.17) is 0 Å². The second-order valence-corrected chi connectivity index (χ2v) is 7.29. The molecule has 29 heavy (non-hydrogen) atoms. The van der Waals surface area contributed by atoms with Gasteiger partial charge in [-0.2, -0.15) is 5.10 Å². The summed E-state index contributed by atoms with van der Waals surface area (Å²) in [6, 6.07) is 19.0. The van der Waals surface area contributed by atoms with Gasteiger partial charge in [0.05, 0.1) is 11.4 Å². The van der Waals surface area contributed by atoms with Gasteiger partial charge in [0, 0.05) is 45.2 Å². The van der Waals surface area contributed by atoms with Gasteiger partial charge in [-0.05, 0) is 42.3 Å². The number of nitrogens with one attached hydrogen (secondary N) is 1. The van der Waals surface area contributed by atoms with E-state index in [-0.39, 0.29) is 5.82 Å². The van der Waals surface area contributed by atoms with Crippen molar-refractivity contribution in [3.8, 4) is 5.69 Å². The third-order valence-electron chi connectivity index (χ3n) is 5.37. The van der Waals surface area contributed by atoms with E-state index in [0.29, 0.717) is 5.92 Å². The molecule has 2 heterocycles. The fourth-order valence-corrected chi connectivity index (χ4v) is 3.82. The maximum atomic E-state index is 13.1. The summed E-state index contributed by atoms with van der Waals surface area (Å²) < 4.78 is 14.9. The number of aliphatic imine (C=N–C) groups is 1. The average Bonchev–Trinajstić information content (AvgIpc) is 3.43. The summed E-state index contributed by atoms with van der Waals surface area (Å²) in [5.74, 6) is 1.26. The molecule has 1 N–H and O–H groups in total. The van der Waals surface area contributed by atoms with E-state index in [1.54, 1.807) is 16.8 Å². The molecule has 1 aromatic heterocycles. The Kier molecular flexibility index (Phi) is 5.89. The molecule has 1 unspecified atom stereocenters. The molecule has 1 saturated heterocycles. The summed E-state index contributed by atoms with van der Waals surface area (Å²) in [7, 11) is 1.83. The van der Waals surface area contributed by atoms with Gasteiger partial charge in [0.25, 0.3) is 0 Å². The zero-order chi connectivity index (χ0) is 20.1. The number of likely N-dealkylation sites (tertiary alicyclic amines) is 1. The molecule has 0 amide bonds. The molecular formula is C23H26FN5. The third-order valence-corrected chi connectivity index (χ3v) is 5.37. The van der Waals surface area contributed by atoms with Gasteiger partial charge in [0.2, 0.25) is 0 Å². The standard InChI is InChI=1S/C23H26FN5/c1-25-23(28-15-12-19(17-28)18-5-3-2-4-6-18)26-14-11-21-13-16-29(27-21)22-9-7-20(24)8-10-22/h2-10,13,16,19H,11-12,14-15,17H2,1H3,(H,25,26). The molecule has 0 radical (unpaired) electrons. The number of nitrogens with zero attached hydrogens (tertiary/aromatic N) is 4. The highest BCUT2D eigenvalue weighted by molar-refractivity contribution is 5.80. The highest BCUT2D eigenvalue weighted by Gasteiger charge is 2.25. The van der Waals surface area contributed by atoms with Crippen LogP contribution in [0.1, 0.15) is 23.6 Å². The minimum atomic E-state index is -0.242. The van der Waals surface area contributed by atoms with Gasteiger partial charge in [0.1, 0.15) is 5.82 Å². The molecular weight excluding hydrogens is 365 g/mol. The quantitative estimate of drug-likeness (QED) is 0.534. The van der Waals surface area contributed by atoms with Crippen LogP contribution >= 0.6 is 0 Å². The van der Waals surface area contributed by atoms with Crippen LogP contribution in [0, 0.1) is 5.82 Å². The Balaban J connectivity index is 1.29. The Labute approximate surface area is 170 Å². The summed E-state index contributed by atoms with van der Waals surface area (Å²) in [6.45, 7) is 2.76. The van der Waals surface area contributed by atoms with Crippen LogP contribution in [0.15, 0.2) is 71.9 Å². The van der Waals surface area contributed by atoms with Crippen molar-refractivity contribution in [2.75, 3.05) is 26.7 Å². The first-order valence-electron chi connectivity index (χ1n) is 10.0. The second kappa shape index (κ2) is 8.90. The third kappa shape index (κ3) is 4.65. The smallest absolute Gasteiger partial charge is 0.193 e. The van der Waals surface area contributed by atoms with Crippen LogP contribution < -0.4 is 5.32 Å². The summed E-state index contributed by atoms with van der Waals surface area (Å²) in [6.07, 6.45) is 3.85. The molecule has 6 heteroatoms. The van der Waals surface area contributed by atoms with Gasteiger partial charge < -0.3 is 10.2 Å². The molecule has 5 nitrogen and oxygen atoms in total. The van der Waals surface area contributed by atoms with Gasteiger partial charge in [-0.1, -0.05) is 30.3 Å². The normalized spacial score (nSPS) is 17.0. The number of hydrogen-bond acceptors (Lipinski definition) is 2. The molecule has 150 valence electrons. The van der Waals surface area contributed by atoms with Crippen LogP contribution in [-0.4, -0.2) is 47.3 Å². The Bertz CT molecular complexity index is 949. The van der Waals surface area contributed by atoms with Crippen LogP contribution in [0.2, 0.25) is 0 Å². The minimum absolute atomic E-state index is 0.242. The predicted octanol–water partition coefficient (Wildman–Crippen LogP) is 3.62. The van der Waals surface area contributed by atoms with E-state index >= 15 is 0 Å². The Morgan fingerprint density at radius 3 is 2.69 bits per heavy atom. The number of benzene rings is 2. The van der Waals surface area contributed by atoms with Crippen molar-refractivity contribution in [1.29, 1.82) is 0 Å². The van der Waals surface area contributed by atoms with Crippen molar-refractivity contribution in [1.82, 2.24) is 20.0 Å². The Morgan fingerprint density at radius 2 is 1.93 bits per heavy atom. The molecule has 0 bridgehead atoms. The van der Waals surface area contributed by atoms with Gasteiger partial charge in [-0.15, -0.1) is 0 Å². The predicted molar refractivity (Wildman–Crippen MR) is 114 cm³/mol. The first kappa shape index (κ1) is 19.2. The average molecular weight is 391 g/mol. The maximum Gasteiger partial charge on any atom is 0.193 e. The van der Waals surface area contributed by atoms with E-state index in [0.717, 1.165) is 49.8 Å². The van der Waals surface area contributed by atoms with Gasteiger partial charge in [-0.3, -0.25) is 4.99 Å². The molecule has 1 atom stereocenters. The lowest BCUT2D eigenvalue weighted by Crippen LogP contribution is -2.40. The van der Waals surface area contributed by atoms with E-state index < -0.39 is 0 Å². The fraction of sp³-hybridized carbons (Fsp3) is 0.304. The molecule has 4 rings (SSSR count). The molecule has 1 aliphatic heterocycles. The second-order valence-electron chi connectivity index (χ2n) is 7.29. The van der Waals surface area contributed by atoms with Gasteiger partial charge >= 0.3 is 0 Å². The monoisotopic (exact) mass is 391 g/mol. The van der Waals surface area contributed by atoms with Crippen molar-refractivity contribution in [3.05, 3.63) is 83.9 Å². The van der Waals surface area contributed by atoms with Crippen LogP contribution in [0.25, 0.3) is 5.69 Å². The van der Waals surface area contributed by atoms with Crippen molar-refractivity contribution in [2.45, 2.75) is 18.8 Å². The largest absolute Gasteiger partial charge is 0.356 e. The molecule has 1 fully saturated rings. The highest BCUT2D eigenvalue weighted by Crippen LogP contribution is 2.26. The molecule has 1 aliphatic rings. The lowest BCUT2D eigenvalue weighted by Gasteiger charge is -2.21. The molecule has 2 aromatic carbocycles. The lowest BCUT2D eigenvalue weighted by atomic mass is 9.99. The first-order chi connectivity index (χ1) is 14.2. The van der Waals surface area contributed by atoms with Crippen molar-refractivity contribution < 1.29 is 4.39 Å². The van der Waals surface area contributed by atoms with Crippen LogP contribution in [0.5, 0.6) is 0 Å². The minimum Gasteiger partial charge on any atom is -0.356 e. The lowest BCUT2D eigenvalue weighted by molar-refractivity contribution is 0.486. The van der Waals surface area contributed by atoms with Gasteiger partial charge in [0.15, 0.2) is 5.96 Å². The van der Waals surface area contributed by atoms with Crippen LogP contribution in [0.3, 0.4) is 0 Å². The number of rotatable bonds is 5. The maximum absolute atomic E-state index is 13.1. The molecule has 0 aliphatic carbocycles. The van der Waals surface area contributed by atoms with Crippen molar-refractivity contribution in [2.24, 2.45) is 4.99 Å². The summed E-state index contributed by atoms with van der Waals surface area (Å²) in [4.78, 5) is 6.79. The first-order valence-corrected chi connectivity index (χ1v) is 10.0. The van der Waals surface area contributed by atoms with Crippen LogP contribution in [0.4, 0.5) is 4.39 Å². The number of hydrogen-bond donors (Lipinski definition) is 1. The molecule has 3 aromatic rings. The molecule has 0 spiro atoms. The number of aromatic nitrogens is 2. The van der Waals surface area contributed by atoms with Crippen molar-refractivity contribution >= 4 is 5.96 Å². The summed E-state index contributed by atoms with van der Waals surface area (Å²) >= 11 is 0. The van der Waals surface area contributed by atoms with Crippen LogP contribution in [-0.2, 0) is 6.42 Å². The topological polar surface area (TPSA) is 45.5 Å². The molecule has 0 saturated carbocycles. The van der Waals surface area contributed by atoms with E-state index in [2.05, 4.69) is 50.6 Å². The fourth-order valence-electron chi connectivity index (χ4n) is 3.82. The van der Waals surface area contributed by atoms with Gasteiger partial charge in [-0.25, -0.2) is 9.07 Å². The Morgan fingerprint density at radius 1 is 1.14 bits per heavy atom. The zero-order valence-corrected chi connectivity index (χ0v) is 16.6.